The lowest BCUT2D eigenvalue weighted by Crippen LogP contribution is -2.41. The van der Waals surface area contributed by atoms with E-state index < -0.39 is 9.84 Å². The fraction of sp³-hybridized carbons (Fsp3) is 0.650. The molecule has 2 saturated heterocycles. The van der Waals surface area contributed by atoms with Crippen molar-refractivity contribution in [3.05, 3.63) is 35.6 Å². The van der Waals surface area contributed by atoms with Gasteiger partial charge in [-0.1, -0.05) is 12.1 Å². The third kappa shape index (κ3) is 6.05. The van der Waals surface area contributed by atoms with Crippen LogP contribution in [0.3, 0.4) is 0 Å². The molecule has 2 unspecified atom stereocenters. The zero-order chi connectivity index (χ0) is 18.9. The van der Waals surface area contributed by atoms with Gasteiger partial charge in [0.1, 0.15) is 5.82 Å². The lowest BCUT2D eigenvalue weighted by molar-refractivity contribution is 0.455. The summed E-state index contributed by atoms with van der Waals surface area (Å²) in [4.78, 5) is 7.12. The molecule has 1 saturated carbocycles. The molecule has 28 heavy (non-hydrogen) atoms. The smallest absolute Gasteiger partial charge is 0.194 e. The lowest BCUT2D eigenvalue weighted by Gasteiger charge is -2.23. The summed E-state index contributed by atoms with van der Waals surface area (Å²) in [5.41, 5.74) is 1.17. The van der Waals surface area contributed by atoms with Crippen molar-refractivity contribution >= 4 is 39.8 Å². The van der Waals surface area contributed by atoms with E-state index in [1.165, 1.54) is 30.5 Å². The van der Waals surface area contributed by atoms with Gasteiger partial charge < -0.3 is 10.2 Å². The topological polar surface area (TPSA) is 61.8 Å². The van der Waals surface area contributed by atoms with Gasteiger partial charge in [-0.25, -0.2) is 12.8 Å². The second-order valence-electron chi connectivity index (χ2n) is 8.28. The van der Waals surface area contributed by atoms with Crippen molar-refractivity contribution in [1.29, 1.82) is 0 Å². The van der Waals surface area contributed by atoms with Crippen LogP contribution in [0, 0.1) is 17.7 Å². The van der Waals surface area contributed by atoms with Crippen molar-refractivity contribution in [3.8, 4) is 0 Å². The Morgan fingerprint density at radius 3 is 2.54 bits per heavy atom. The number of hydrogen-bond donors (Lipinski definition) is 1. The molecule has 8 heteroatoms. The highest BCUT2D eigenvalue weighted by Gasteiger charge is 2.31. The van der Waals surface area contributed by atoms with Crippen LogP contribution in [0.5, 0.6) is 0 Å². The van der Waals surface area contributed by atoms with Gasteiger partial charge in [0.25, 0.3) is 0 Å². The normalized spacial score (nSPS) is 26.9. The Morgan fingerprint density at radius 2 is 1.89 bits per heavy atom. The number of halogens is 2. The van der Waals surface area contributed by atoms with Crippen molar-refractivity contribution in [2.45, 2.75) is 38.1 Å². The van der Waals surface area contributed by atoms with Crippen LogP contribution < -0.4 is 5.32 Å². The van der Waals surface area contributed by atoms with Crippen molar-refractivity contribution in [2.75, 3.05) is 31.1 Å². The molecule has 1 N–H and O–H groups in total. The van der Waals surface area contributed by atoms with Crippen molar-refractivity contribution in [2.24, 2.45) is 16.8 Å². The molecule has 2 atom stereocenters. The minimum Gasteiger partial charge on any atom is -0.354 e. The second kappa shape index (κ2) is 9.28. The minimum absolute atomic E-state index is 0. The molecule has 156 valence electrons. The highest BCUT2D eigenvalue weighted by atomic mass is 127. The van der Waals surface area contributed by atoms with Crippen LogP contribution in [0.2, 0.25) is 0 Å². The van der Waals surface area contributed by atoms with Gasteiger partial charge in [0.05, 0.1) is 11.5 Å². The van der Waals surface area contributed by atoms with E-state index in [-0.39, 0.29) is 41.5 Å². The van der Waals surface area contributed by atoms with Crippen LogP contribution in [-0.2, 0) is 16.3 Å². The Labute approximate surface area is 184 Å². The average molecular weight is 521 g/mol. The summed E-state index contributed by atoms with van der Waals surface area (Å²) in [6.45, 7) is 2.50. The summed E-state index contributed by atoms with van der Waals surface area (Å²) < 4.78 is 36.4. The van der Waals surface area contributed by atoms with Crippen LogP contribution in [0.1, 0.15) is 31.2 Å². The number of rotatable bonds is 5. The zero-order valence-electron chi connectivity index (χ0n) is 16.0. The number of sulfone groups is 1. The molecule has 3 aliphatic rings. The standard InChI is InChI=1S/C20H28FN3O2S.HI/c21-18-3-1-15(2-4-18)11-16-7-9-24(13-16)20(23-19-5-6-19)22-12-17-8-10-27(25,26)14-17;/h1-4,16-17,19H,5-14H2,(H,22,23);1H. The maximum Gasteiger partial charge on any atom is 0.194 e. The van der Waals surface area contributed by atoms with E-state index in [2.05, 4.69) is 10.2 Å². The van der Waals surface area contributed by atoms with Gasteiger partial charge in [-0.2, -0.15) is 0 Å². The summed E-state index contributed by atoms with van der Waals surface area (Å²) in [7, 11) is -2.85. The fourth-order valence-corrected chi connectivity index (χ4v) is 5.87. The summed E-state index contributed by atoms with van der Waals surface area (Å²) in [5, 5.41) is 3.55. The van der Waals surface area contributed by atoms with E-state index >= 15 is 0 Å². The van der Waals surface area contributed by atoms with Crippen LogP contribution in [0.15, 0.2) is 29.3 Å². The molecule has 1 aliphatic carbocycles. The maximum absolute atomic E-state index is 13.1. The highest BCUT2D eigenvalue weighted by Crippen LogP contribution is 2.24. The monoisotopic (exact) mass is 521 g/mol. The van der Waals surface area contributed by atoms with Gasteiger partial charge in [-0.05, 0) is 61.6 Å². The minimum atomic E-state index is -2.85. The second-order valence-corrected chi connectivity index (χ2v) is 10.5. The molecule has 1 aromatic rings. The van der Waals surface area contributed by atoms with E-state index in [4.69, 9.17) is 4.99 Å². The largest absolute Gasteiger partial charge is 0.354 e. The predicted molar refractivity (Wildman–Crippen MR) is 120 cm³/mol. The van der Waals surface area contributed by atoms with E-state index in [0.29, 0.717) is 24.3 Å². The zero-order valence-corrected chi connectivity index (χ0v) is 19.2. The van der Waals surface area contributed by atoms with Crippen LogP contribution in [0.4, 0.5) is 4.39 Å². The van der Waals surface area contributed by atoms with Gasteiger partial charge >= 0.3 is 0 Å². The van der Waals surface area contributed by atoms with Gasteiger partial charge in [-0.3, -0.25) is 4.99 Å². The Morgan fingerprint density at radius 1 is 1.14 bits per heavy atom. The Balaban J connectivity index is 0.00000225. The Kier molecular flexibility index (Phi) is 7.22. The quantitative estimate of drug-likeness (QED) is 0.368. The first kappa shape index (κ1) is 21.8. The molecule has 2 heterocycles. The number of likely N-dealkylation sites (tertiary alicyclic amines) is 1. The van der Waals surface area contributed by atoms with Crippen molar-refractivity contribution in [1.82, 2.24) is 10.2 Å². The molecule has 2 aliphatic heterocycles. The molecule has 3 fully saturated rings. The van der Waals surface area contributed by atoms with Crippen LogP contribution >= 0.6 is 24.0 Å². The molecule has 0 radical (unpaired) electrons. The number of guanidine groups is 1. The molecular formula is C20H29FIN3O2S. The van der Waals surface area contributed by atoms with Gasteiger partial charge in [0.15, 0.2) is 15.8 Å². The third-order valence-corrected chi connectivity index (χ3v) is 7.60. The summed E-state index contributed by atoms with van der Waals surface area (Å²) in [6.07, 6.45) is 5.15. The van der Waals surface area contributed by atoms with Crippen molar-refractivity contribution in [3.63, 3.8) is 0 Å². The number of aliphatic imine (C=N–C) groups is 1. The number of benzene rings is 1. The molecule has 4 rings (SSSR count). The van der Waals surface area contributed by atoms with Gasteiger partial charge in [0, 0.05) is 25.7 Å². The first-order valence-corrected chi connectivity index (χ1v) is 11.8. The average Bonchev–Trinajstić information content (AvgIpc) is 3.22. The fourth-order valence-electron chi connectivity index (χ4n) is 4.02. The third-order valence-electron chi connectivity index (χ3n) is 5.76. The molecule has 0 amide bonds. The molecule has 5 nitrogen and oxygen atoms in total. The van der Waals surface area contributed by atoms with E-state index in [1.807, 2.05) is 12.1 Å². The molecule has 0 aromatic heterocycles. The van der Waals surface area contributed by atoms with Crippen molar-refractivity contribution < 1.29 is 12.8 Å². The highest BCUT2D eigenvalue weighted by molar-refractivity contribution is 14.0. The Hall–Kier alpha value is -0.900. The first-order chi connectivity index (χ1) is 13.0. The number of nitrogens with zero attached hydrogens (tertiary/aromatic N) is 2. The summed E-state index contributed by atoms with van der Waals surface area (Å²) in [6, 6.07) is 7.32. The van der Waals surface area contributed by atoms with Gasteiger partial charge in [-0.15, -0.1) is 24.0 Å². The maximum atomic E-state index is 13.1. The number of nitrogens with one attached hydrogen (secondary N) is 1. The molecule has 0 spiro atoms. The molecule has 1 aromatic carbocycles. The van der Waals surface area contributed by atoms with E-state index in [0.717, 1.165) is 38.3 Å². The predicted octanol–water partition coefficient (Wildman–Crippen LogP) is 2.85. The SMILES string of the molecule is I.O=S1(=O)CCC(CN=C(NC2CC2)N2CCC(Cc3ccc(F)cc3)C2)C1. The summed E-state index contributed by atoms with van der Waals surface area (Å²) >= 11 is 0. The first-order valence-electron chi connectivity index (χ1n) is 9.98. The van der Waals surface area contributed by atoms with Crippen LogP contribution in [-0.4, -0.2) is 56.5 Å². The summed E-state index contributed by atoms with van der Waals surface area (Å²) in [5.74, 6) is 2.03. The lowest BCUT2D eigenvalue weighted by atomic mass is 9.99. The molecule has 0 bridgehead atoms. The Bertz CT molecular complexity index is 796. The van der Waals surface area contributed by atoms with E-state index in [9.17, 15) is 12.8 Å². The molecular weight excluding hydrogens is 492 g/mol. The van der Waals surface area contributed by atoms with E-state index in [1.54, 1.807) is 0 Å². The number of hydrogen-bond acceptors (Lipinski definition) is 3. The van der Waals surface area contributed by atoms with Gasteiger partial charge in [0.2, 0.25) is 0 Å². The van der Waals surface area contributed by atoms with Crippen LogP contribution in [0.25, 0.3) is 0 Å².